The first kappa shape index (κ1) is 20.3. The Morgan fingerprint density at radius 2 is 1.78 bits per heavy atom. The number of aromatic nitrogens is 2. The Bertz CT molecular complexity index is 880. The Hall–Kier alpha value is -1.43. The average molecular weight is 400 g/mol. The largest absolute Gasteiger partial charge is 0.303 e. The SMILES string of the molecule is CCN(CC)CCSc1ncnc2sc(C)c(-c3ccc(C(C)C)cc3)c12. The topological polar surface area (TPSA) is 29.0 Å². The fourth-order valence-corrected chi connectivity index (χ4v) is 5.41. The maximum absolute atomic E-state index is 4.64. The van der Waals surface area contributed by atoms with Crippen LogP contribution in [0.1, 0.15) is 44.1 Å². The smallest absolute Gasteiger partial charge is 0.128 e. The molecular weight excluding hydrogens is 370 g/mol. The van der Waals surface area contributed by atoms with Gasteiger partial charge in [-0.25, -0.2) is 9.97 Å². The molecule has 27 heavy (non-hydrogen) atoms. The summed E-state index contributed by atoms with van der Waals surface area (Å²) in [5, 5.41) is 2.33. The summed E-state index contributed by atoms with van der Waals surface area (Å²) in [6.45, 7) is 14.4. The lowest BCUT2D eigenvalue weighted by molar-refractivity contribution is 0.324. The van der Waals surface area contributed by atoms with Gasteiger partial charge in [-0.2, -0.15) is 0 Å². The molecule has 0 bridgehead atoms. The molecule has 1 aromatic carbocycles. The Morgan fingerprint density at radius 1 is 1.07 bits per heavy atom. The number of fused-ring (bicyclic) bond motifs is 1. The first-order valence-electron chi connectivity index (χ1n) is 9.74. The molecule has 5 heteroatoms. The van der Waals surface area contributed by atoms with Crippen molar-refractivity contribution in [2.45, 2.75) is 45.6 Å². The van der Waals surface area contributed by atoms with Crippen LogP contribution >= 0.6 is 23.1 Å². The monoisotopic (exact) mass is 399 g/mol. The lowest BCUT2D eigenvalue weighted by atomic mass is 9.98. The third-order valence-corrected chi connectivity index (χ3v) is 7.02. The first-order chi connectivity index (χ1) is 13.0. The van der Waals surface area contributed by atoms with E-state index in [2.05, 4.69) is 73.8 Å². The highest BCUT2D eigenvalue weighted by Crippen LogP contribution is 2.41. The molecule has 0 saturated carbocycles. The maximum atomic E-state index is 4.64. The van der Waals surface area contributed by atoms with E-state index in [4.69, 9.17) is 0 Å². The van der Waals surface area contributed by atoms with Gasteiger partial charge in [0.2, 0.25) is 0 Å². The molecule has 0 aliphatic heterocycles. The van der Waals surface area contributed by atoms with E-state index in [-0.39, 0.29) is 0 Å². The number of rotatable bonds is 8. The number of thiophene rings is 1. The molecule has 0 atom stereocenters. The molecule has 0 saturated heterocycles. The molecule has 144 valence electrons. The minimum atomic E-state index is 0.550. The van der Waals surface area contributed by atoms with Crippen LogP contribution in [0.15, 0.2) is 35.6 Å². The van der Waals surface area contributed by atoms with Gasteiger partial charge in [0, 0.05) is 22.7 Å². The Labute approximate surface area is 171 Å². The summed E-state index contributed by atoms with van der Waals surface area (Å²) in [5.74, 6) is 1.60. The molecule has 0 fully saturated rings. The van der Waals surface area contributed by atoms with Gasteiger partial charge in [-0.05, 0) is 37.1 Å². The second-order valence-electron chi connectivity index (χ2n) is 7.04. The number of benzene rings is 1. The van der Waals surface area contributed by atoms with Gasteiger partial charge < -0.3 is 4.90 Å². The van der Waals surface area contributed by atoms with E-state index in [1.807, 2.05) is 11.8 Å². The van der Waals surface area contributed by atoms with Crippen LogP contribution in [0.5, 0.6) is 0 Å². The third-order valence-electron chi connectivity index (χ3n) is 5.04. The highest BCUT2D eigenvalue weighted by atomic mass is 32.2. The van der Waals surface area contributed by atoms with E-state index in [0.717, 1.165) is 35.2 Å². The van der Waals surface area contributed by atoms with Crippen molar-refractivity contribution < 1.29 is 0 Å². The number of aryl methyl sites for hydroxylation is 1. The van der Waals surface area contributed by atoms with Crippen molar-refractivity contribution in [3.63, 3.8) is 0 Å². The highest BCUT2D eigenvalue weighted by molar-refractivity contribution is 7.99. The summed E-state index contributed by atoms with van der Waals surface area (Å²) in [5.41, 5.74) is 3.95. The predicted molar refractivity (Wildman–Crippen MR) is 120 cm³/mol. The Kier molecular flexibility index (Phi) is 6.90. The zero-order chi connectivity index (χ0) is 19.4. The molecule has 0 unspecified atom stereocenters. The third kappa shape index (κ3) is 4.53. The van der Waals surface area contributed by atoms with E-state index in [1.165, 1.54) is 27.0 Å². The van der Waals surface area contributed by atoms with Crippen LogP contribution < -0.4 is 0 Å². The normalized spacial score (nSPS) is 11.8. The Balaban J connectivity index is 1.94. The minimum Gasteiger partial charge on any atom is -0.303 e. The molecule has 0 N–H and O–H groups in total. The second-order valence-corrected chi connectivity index (χ2v) is 9.33. The van der Waals surface area contributed by atoms with Crippen LogP contribution in [-0.2, 0) is 0 Å². The quantitative estimate of drug-likeness (QED) is 0.332. The van der Waals surface area contributed by atoms with E-state index < -0.39 is 0 Å². The summed E-state index contributed by atoms with van der Waals surface area (Å²) in [7, 11) is 0. The van der Waals surface area contributed by atoms with Gasteiger partial charge in [-0.3, -0.25) is 0 Å². The fourth-order valence-electron chi connectivity index (χ4n) is 3.32. The maximum Gasteiger partial charge on any atom is 0.128 e. The van der Waals surface area contributed by atoms with E-state index in [9.17, 15) is 0 Å². The van der Waals surface area contributed by atoms with Crippen molar-refractivity contribution in [3.05, 3.63) is 41.0 Å². The molecule has 0 aliphatic rings. The van der Waals surface area contributed by atoms with Gasteiger partial charge in [0.25, 0.3) is 0 Å². The molecule has 3 nitrogen and oxygen atoms in total. The lowest BCUT2D eigenvalue weighted by Gasteiger charge is -2.17. The van der Waals surface area contributed by atoms with E-state index in [0.29, 0.717) is 5.92 Å². The lowest BCUT2D eigenvalue weighted by Crippen LogP contribution is -2.25. The van der Waals surface area contributed by atoms with Crippen molar-refractivity contribution in [2.75, 3.05) is 25.4 Å². The van der Waals surface area contributed by atoms with Crippen LogP contribution in [0, 0.1) is 6.92 Å². The summed E-state index contributed by atoms with van der Waals surface area (Å²) in [4.78, 5) is 14.1. The van der Waals surface area contributed by atoms with Gasteiger partial charge in [0.15, 0.2) is 0 Å². The molecule has 0 amide bonds. The molecule has 0 radical (unpaired) electrons. The van der Waals surface area contributed by atoms with Gasteiger partial charge >= 0.3 is 0 Å². The number of nitrogens with zero attached hydrogens (tertiary/aromatic N) is 3. The van der Waals surface area contributed by atoms with E-state index in [1.54, 1.807) is 17.7 Å². The van der Waals surface area contributed by atoms with E-state index >= 15 is 0 Å². The van der Waals surface area contributed by atoms with Crippen molar-refractivity contribution in [1.29, 1.82) is 0 Å². The summed E-state index contributed by atoms with van der Waals surface area (Å²) < 4.78 is 0. The summed E-state index contributed by atoms with van der Waals surface area (Å²) >= 11 is 3.63. The highest BCUT2D eigenvalue weighted by Gasteiger charge is 2.17. The number of hydrogen-bond acceptors (Lipinski definition) is 5. The summed E-state index contributed by atoms with van der Waals surface area (Å²) in [6.07, 6.45) is 1.71. The van der Waals surface area contributed by atoms with Gasteiger partial charge in [-0.15, -0.1) is 23.1 Å². The fraction of sp³-hybridized carbons (Fsp3) is 0.455. The standard InChI is InChI=1S/C22H29N3S2/c1-6-25(7-2)12-13-26-21-20-19(16(5)27-22(20)24-14-23-21)18-10-8-17(9-11-18)15(3)4/h8-11,14-15H,6-7,12-13H2,1-5H3. The molecule has 0 aliphatic carbocycles. The zero-order valence-corrected chi connectivity index (χ0v) is 18.6. The van der Waals surface area contributed by atoms with Crippen LogP contribution in [0.2, 0.25) is 0 Å². The molecule has 3 aromatic rings. The predicted octanol–water partition coefficient (Wildman–Crippen LogP) is 6.22. The molecule has 0 spiro atoms. The molecule has 3 rings (SSSR count). The summed E-state index contributed by atoms with van der Waals surface area (Å²) in [6, 6.07) is 9.00. The van der Waals surface area contributed by atoms with Crippen molar-refractivity contribution >= 4 is 33.3 Å². The average Bonchev–Trinajstić information content (AvgIpc) is 3.02. The molecular formula is C22H29N3S2. The van der Waals surface area contributed by atoms with Crippen molar-refractivity contribution in [2.24, 2.45) is 0 Å². The second kappa shape index (κ2) is 9.18. The van der Waals surface area contributed by atoms with Crippen LogP contribution in [-0.4, -0.2) is 40.3 Å². The minimum absolute atomic E-state index is 0.550. The van der Waals surface area contributed by atoms with Crippen molar-refractivity contribution in [1.82, 2.24) is 14.9 Å². The van der Waals surface area contributed by atoms with Gasteiger partial charge in [-0.1, -0.05) is 52.0 Å². The van der Waals surface area contributed by atoms with Gasteiger partial charge in [0.05, 0.1) is 5.39 Å². The zero-order valence-electron chi connectivity index (χ0n) is 17.0. The number of thioether (sulfide) groups is 1. The van der Waals surface area contributed by atoms with Crippen LogP contribution in [0.3, 0.4) is 0 Å². The molecule has 2 heterocycles. The number of hydrogen-bond donors (Lipinski definition) is 0. The van der Waals surface area contributed by atoms with Gasteiger partial charge in [0.1, 0.15) is 16.2 Å². The first-order valence-corrected chi connectivity index (χ1v) is 11.5. The van der Waals surface area contributed by atoms with Crippen molar-refractivity contribution in [3.8, 4) is 11.1 Å². The molecule has 2 aromatic heterocycles. The van der Waals surface area contributed by atoms with Crippen LogP contribution in [0.4, 0.5) is 0 Å². The van der Waals surface area contributed by atoms with Crippen LogP contribution in [0.25, 0.3) is 21.3 Å². The Morgan fingerprint density at radius 3 is 2.41 bits per heavy atom.